The molecule has 0 spiro atoms. The predicted octanol–water partition coefficient (Wildman–Crippen LogP) is 3.33. The van der Waals surface area contributed by atoms with Crippen LogP contribution in [0.4, 0.5) is 0 Å². The second kappa shape index (κ2) is 8.35. The molecule has 3 atom stereocenters. The molecule has 29 heavy (non-hydrogen) atoms. The first-order valence-corrected chi connectivity index (χ1v) is 11.3. The Kier molecular flexibility index (Phi) is 6.15. The van der Waals surface area contributed by atoms with Crippen LogP contribution in [0.2, 0.25) is 0 Å². The largest absolute Gasteiger partial charge is 0.493 e. The van der Waals surface area contributed by atoms with Crippen molar-refractivity contribution in [1.82, 2.24) is 4.90 Å². The smallest absolute Gasteiger partial charge is 0.175 e. The second-order valence-corrected chi connectivity index (χ2v) is 10.1. The third kappa shape index (κ3) is 4.44. The van der Waals surface area contributed by atoms with E-state index >= 15 is 0 Å². The Morgan fingerprint density at radius 3 is 2.69 bits per heavy atom. The van der Waals surface area contributed by atoms with E-state index in [4.69, 9.17) is 18.9 Å². The highest BCUT2D eigenvalue weighted by atomic mass is 79.9. The molecule has 0 bridgehead atoms. The van der Waals surface area contributed by atoms with Crippen LogP contribution in [0, 0.1) is 5.92 Å². The summed E-state index contributed by atoms with van der Waals surface area (Å²) in [6, 6.07) is 2.26. The van der Waals surface area contributed by atoms with Crippen molar-refractivity contribution in [2.24, 2.45) is 5.92 Å². The van der Waals surface area contributed by atoms with Crippen molar-refractivity contribution in [2.75, 3.05) is 40.0 Å². The number of aliphatic hydroxyl groups excluding tert-OH is 1. The van der Waals surface area contributed by atoms with E-state index in [0.29, 0.717) is 18.9 Å². The van der Waals surface area contributed by atoms with Gasteiger partial charge in [0.1, 0.15) is 0 Å². The summed E-state index contributed by atoms with van der Waals surface area (Å²) < 4.78 is 24.2. The van der Waals surface area contributed by atoms with Crippen molar-refractivity contribution < 1.29 is 24.1 Å². The van der Waals surface area contributed by atoms with Gasteiger partial charge < -0.3 is 24.1 Å². The fourth-order valence-electron chi connectivity index (χ4n) is 4.49. The van der Waals surface area contributed by atoms with Crippen LogP contribution in [0.25, 0.3) is 0 Å². The van der Waals surface area contributed by atoms with Crippen LogP contribution >= 0.6 is 15.9 Å². The Labute approximate surface area is 181 Å². The highest BCUT2D eigenvalue weighted by Crippen LogP contribution is 2.47. The molecule has 4 rings (SSSR count). The summed E-state index contributed by atoms with van der Waals surface area (Å²) in [7, 11) is 1.68. The van der Waals surface area contributed by atoms with Gasteiger partial charge in [-0.2, -0.15) is 0 Å². The summed E-state index contributed by atoms with van der Waals surface area (Å²) >= 11 is 3.79. The third-order valence-corrected chi connectivity index (χ3v) is 6.81. The molecule has 0 unspecified atom stereocenters. The molecule has 0 saturated carbocycles. The van der Waals surface area contributed by atoms with Gasteiger partial charge in [0.15, 0.2) is 11.5 Å². The predicted molar refractivity (Wildman–Crippen MR) is 114 cm³/mol. The average molecular weight is 470 g/mol. The highest BCUT2D eigenvalue weighted by Gasteiger charge is 2.41. The SMILES string of the molecule is COc1cc2c(c(Br)c1OCC1COC1)CCN1C[C@@H](OC(C)(C)C)[C@H](O)C[C@H]21. The number of halogens is 1. The Morgan fingerprint density at radius 2 is 2.07 bits per heavy atom. The van der Waals surface area contributed by atoms with Crippen LogP contribution in [0.5, 0.6) is 11.5 Å². The maximum Gasteiger partial charge on any atom is 0.175 e. The Hall–Kier alpha value is -0.860. The van der Waals surface area contributed by atoms with Gasteiger partial charge in [-0.15, -0.1) is 0 Å². The molecule has 7 heteroatoms. The lowest BCUT2D eigenvalue weighted by molar-refractivity contribution is -0.149. The number of ether oxygens (including phenoxy) is 4. The normalized spacial score (nSPS) is 27.7. The molecule has 0 amide bonds. The molecule has 0 aromatic heterocycles. The summed E-state index contributed by atoms with van der Waals surface area (Å²) in [6.07, 6.45) is 0.937. The van der Waals surface area contributed by atoms with Crippen molar-refractivity contribution in [2.45, 2.75) is 57.5 Å². The molecule has 1 aromatic carbocycles. The molecule has 1 N–H and O–H groups in total. The van der Waals surface area contributed by atoms with E-state index in [1.54, 1.807) is 7.11 Å². The topological polar surface area (TPSA) is 60.4 Å². The molecular weight excluding hydrogens is 438 g/mol. The minimum absolute atomic E-state index is 0.160. The summed E-state index contributed by atoms with van der Waals surface area (Å²) in [5.41, 5.74) is 2.21. The second-order valence-electron chi connectivity index (χ2n) is 9.34. The lowest BCUT2D eigenvalue weighted by atomic mass is 9.84. The molecule has 162 valence electrons. The van der Waals surface area contributed by atoms with E-state index < -0.39 is 6.10 Å². The molecule has 2 saturated heterocycles. The average Bonchev–Trinajstić information content (AvgIpc) is 2.61. The van der Waals surface area contributed by atoms with E-state index in [2.05, 4.69) is 26.9 Å². The van der Waals surface area contributed by atoms with Crippen molar-refractivity contribution >= 4 is 15.9 Å². The molecule has 3 aliphatic heterocycles. The van der Waals surface area contributed by atoms with Gasteiger partial charge in [0.05, 0.1) is 49.2 Å². The van der Waals surface area contributed by atoms with Gasteiger partial charge in [0.25, 0.3) is 0 Å². The lowest BCUT2D eigenvalue weighted by Crippen LogP contribution is -2.53. The van der Waals surface area contributed by atoms with Gasteiger partial charge in [0, 0.05) is 25.0 Å². The van der Waals surface area contributed by atoms with E-state index in [0.717, 1.165) is 48.7 Å². The number of nitrogens with zero attached hydrogens (tertiary/aromatic N) is 1. The monoisotopic (exact) mass is 469 g/mol. The van der Waals surface area contributed by atoms with Crippen LogP contribution in [0.3, 0.4) is 0 Å². The highest BCUT2D eigenvalue weighted by molar-refractivity contribution is 9.10. The molecule has 0 radical (unpaired) electrons. The minimum atomic E-state index is -0.485. The molecule has 0 aliphatic carbocycles. The quantitative estimate of drug-likeness (QED) is 0.713. The van der Waals surface area contributed by atoms with E-state index in [-0.39, 0.29) is 17.7 Å². The van der Waals surface area contributed by atoms with Crippen molar-refractivity contribution in [3.05, 3.63) is 21.7 Å². The zero-order valence-electron chi connectivity index (χ0n) is 17.7. The Balaban J connectivity index is 1.57. The summed E-state index contributed by atoms with van der Waals surface area (Å²) in [5.74, 6) is 1.96. The Morgan fingerprint density at radius 1 is 1.31 bits per heavy atom. The zero-order chi connectivity index (χ0) is 20.8. The first-order valence-electron chi connectivity index (χ1n) is 10.5. The maximum absolute atomic E-state index is 10.8. The first-order chi connectivity index (χ1) is 13.8. The Bertz CT molecular complexity index is 746. The fraction of sp³-hybridized carbons (Fsp3) is 0.727. The van der Waals surface area contributed by atoms with Crippen LogP contribution in [0.1, 0.15) is 44.4 Å². The van der Waals surface area contributed by atoms with Gasteiger partial charge >= 0.3 is 0 Å². The number of fused-ring (bicyclic) bond motifs is 3. The molecular formula is C22H32BrNO5. The molecule has 6 nitrogen and oxygen atoms in total. The summed E-state index contributed by atoms with van der Waals surface area (Å²) in [6.45, 7) is 9.95. The number of piperidine rings is 1. The molecule has 3 heterocycles. The number of rotatable bonds is 5. The molecule has 2 fully saturated rings. The van der Waals surface area contributed by atoms with E-state index in [1.807, 2.05) is 20.8 Å². The lowest BCUT2D eigenvalue weighted by Gasteiger charge is -2.47. The van der Waals surface area contributed by atoms with Crippen LogP contribution < -0.4 is 9.47 Å². The van der Waals surface area contributed by atoms with E-state index in [1.165, 1.54) is 11.1 Å². The number of methoxy groups -OCH3 is 1. The maximum atomic E-state index is 10.8. The zero-order valence-corrected chi connectivity index (χ0v) is 19.3. The third-order valence-electron chi connectivity index (χ3n) is 5.98. The van der Waals surface area contributed by atoms with Gasteiger partial charge in [-0.1, -0.05) is 0 Å². The number of hydrogen-bond donors (Lipinski definition) is 1. The van der Waals surface area contributed by atoms with E-state index in [9.17, 15) is 5.11 Å². The van der Waals surface area contributed by atoms with Gasteiger partial charge in [-0.25, -0.2) is 0 Å². The van der Waals surface area contributed by atoms with Crippen LogP contribution in [-0.2, 0) is 15.9 Å². The van der Waals surface area contributed by atoms with Gasteiger partial charge in [-0.3, -0.25) is 4.90 Å². The van der Waals surface area contributed by atoms with Crippen molar-refractivity contribution in [3.8, 4) is 11.5 Å². The van der Waals surface area contributed by atoms with Crippen molar-refractivity contribution in [1.29, 1.82) is 0 Å². The number of benzene rings is 1. The van der Waals surface area contributed by atoms with Gasteiger partial charge in [-0.05, 0) is 66.7 Å². The number of aliphatic hydroxyl groups is 1. The number of hydrogen-bond acceptors (Lipinski definition) is 6. The van der Waals surface area contributed by atoms with Crippen LogP contribution in [-0.4, -0.2) is 67.8 Å². The summed E-state index contributed by atoms with van der Waals surface area (Å²) in [4.78, 5) is 2.43. The van der Waals surface area contributed by atoms with Gasteiger partial charge in [0.2, 0.25) is 0 Å². The first kappa shape index (κ1) is 21.4. The molecule has 1 aromatic rings. The summed E-state index contributed by atoms with van der Waals surface area (Å²) in [5, 5.41) is 10.8. The minimum Gasteiger partial charge on any atom is -0.493 e. The van der Waals surface area contributed by atoms with Crippen LogP contribution in [0.15, 0.2) is 10.5 Å². The standard InChI is InChI=1S/C22H32BrNO5/c1-22(2,3)29-19-9-24-6-5-14-15(16(24)8-17(19)25)7-18(26-4)21(20(14)23)28-12-13-10-27-11-13/h7,13,16-17,19,25H,5-6,8-12H2,1-4H3/t16-,17-,19-/m1/s1. The van der Waals surface area contributed by atoms with Crippen molar-refractivity contribution in [3.63, 3.8) is 0 Å². The fourth-order valence-corrected chi connectivity index (χ4v) is 5.23. The molecule has 3 aliphatic rings.